The Balaban J connectivity index is 2.28. The van der Waals surface area contributed by atoms with Crippen molar-refractivity contribution in [1.29, 1.82) is 0 Å². The quantitative estimate of drug-likeness (QED) is 0.547. The van der Waals surface area contributed by atoms with E-state index < -0.39 is 0 Å². The summed E-state index contributed by atoms with van der Waals surface area (Å²) in [7, 11) is 2.17. The Hall–Kier alpha value is -2.02. The second-order valence-electron chi connectivity index (χ2n) is 5.55. The van der Waals surface area contributed by atoms with Crippen LogP contribution < -0.4 is 0 Å². The van der Waals surface area contributed by atoms with E-state index in [1.807, 2.05) is 0 Å². The molecule has 0 spiro atoms. The minimum atomic E-state index is 1.17. The van der Waals surface area contributed by atoms with Crippen LogP contribution in [0.1, 0.15) is 23.1 Å². The molecule has 1 aliphatic rings. The molecule has 1 heterocycles. The van der Waals surface area contributed by atoms with Crippen LogP contribution in [0.2, 0.25) is 0 Å². The third-order valence-electron chi connectivity index (χ3n) is 4.32. The predicted octanol–water partition coefficient (Wildman–Crippen LogP) is 4.60. The van der Waals surface area contributed by atoms with E-state index in [-0.39, 0.29) is 0 Å². The number of hydrogen-bond acceptors (Lipinski definition) is 0. The Morgan fingerprint density at radius 1 is 1.05 bits per heavy atom. The summed E-state index contributed by atoms with van der Waals surface area (Å²) < 4.78 is 2.31. The van der Waals surface area contributed by atoms with E-state index in [0.29, 0.717) is 0 Å². The lowest BCUT2D eigenvalue weighted by atomic mass is 9.93. The summed E-state index contributed by atoms with van der Waals surface area (Å²) in [5, 5.41) is 2.82. The molecule has 2 aromatic carbocycles. The van der Waals surface area contributed by atoms with Crippen molar-refractivity contribution in [2.24, 2.45) is 7.05 Å². The van der Waals surface area contributed by atoms with Crippen LogP contribution in [0.25, 0.3) is 27.9 Å². The minimum Gasteiger partial charge on any atom is -0.344 e. The summed E-state index contributed by atoms with van der Waals surface area (Å²) in [6.07, 6.45) is 6.95. The topological polar surface area (TPSA) is 4.93 Å². The Morgan fingerprint density at radius 3 is 2.79 bits per heavy atom. The van der Waals surface area contributed by atoms with Crippen LogP contribution in [0.15, 0.2) is 36.4 Å². The number of benzene rings is 2. The Kier molecular flexibility index (Phi) is 2.14. The fraction of sp³-hybridized carbons (Fsp3) is 0.222. The van der Waals surface area contributed by atoms with Gasteiger partial charge in [-0.2, -0.15) is 0 Å². The number of allylic oxidation sites excluding steroid dienone is 1. The highest BCUT2D eigenvalue weighted by Gasteiger charge is 2.15. The number of rotatable bonds is 0. The van der Waals surface area contributed by atoms with Crippen molar-refractivity contribution in [1.82, 2.24) is 4.57 Å². The van der Waals surface area contributed by atoms with Crippen molar-refractivity contribution in [3.63, 3.8) is 0 Å². The Labute approximate surface area is 113 Å². The smallest absolute Gasteiger partial charge is 0.0495 e. The van der Waals surface area contributed by atoms with E-state index >= 15 is 0 Å². The first kappa shape index (κ1) is 10.9. The van der Waals surface area contributed by atoms with Crippen LogP contribution in [-0.4, -0.2) is 4.57 Å². The lowest BCUT2D eigenvalue weighted by molar-refractivity contribution is 0.984. The van der Waals surface area contributed by atoms with E-state index in [1.165, 1.54) is 51.3 Å². The van der Waals surface area contributed by atoms with Gasteiger partial charge >= 0.3 is 0 Å². The van der Waals surface area contributed by atoms with Crippen molar-refractivity contribution in [2.45, 2.75) is 19.8 Å². The predicted molar refractivity (Wildman–Crippen MR) is 82.5 cm³/mol. The highest BCUT2D eigenvalue weighted by Crippen LogP contribution is 2.35. The molecule has 0 saturated heterocycles. The van der Waals surface area contributed by atoms with Gasteiger partial charge in [-0.25, -0.2) is 0 Å². The van der Waals surface area contributed by atoms with E-state index in [4.69, 9.17) is 0 Å². The van der Waals surface area contributed by atoms with Crippen LogP contribution in [0.4, 0.5) is 0 Å². The second kappa shape index (κ2) is 3.74. The van der Waals surface area contributed by atoms with Gasteiger partial charge in [0.1, 0.15) is 0 Å². The fourth-order valence-corrected chi connectivity index (χ4v) is 3.33. The summed E-state index contributed by atoms with van der Waals surface area (Å²) in [6, 6.07) is 11.3. The molecule has 1 nitrogen and oxygen atoms in total. The molecule has 0 N–H and O–H groups in total. The van der Waals surface area contributed by atoms with Crippen molar-refractivity contribution in [3.8, 4) is 0 Å². The van der Waals surface area contributed by atoms with E-state index in [9.17, 15) is 0 Å². The van der Waals surface area contributed by atoms with Crippen LogP contribution in [0.5, 0.6) is 0 Å². The maximum absolute atomic E-state index is 2.32. The molecule has 4 rings (SSSR count). The zero-order valence-corrected chi connectivity index (χ0v) is 11.4. The van der Waals surface area contributed by atoms with Gasteiger partial charge in [0.15, 0.2) is 0 Å². The van der Waals surface area contributed by atoms with Crippen LogP contribution in [0, 0.1) is 6.92 Å². The van der Waals surface area contributed by atoms with Gasteiger partial charge in [-0.05, 0) is 49.1 Å². The highest BCUT2D eigenvalue weighted by molar-refractivity contribution is 6.12. The number of aryl methyl sites for hydroxylation is 3. The van der Waals surface area contributed by atoms with Crippen molar-refractivity contribution < 1.29 is 0 Å². The summed E-state index contributed by atoms with van der Waals surface area (Å²) in [5.41, 5.74) is 6.92. The van der Waals surface area contributed by atoms with Crippen molar-refractivity contribution in [2.75, 3.05) is 0 Å². The molecule has 0 bridgehead atoms. The molecular formula is C18H17N. The van der Waals surface area contributed by atoms with Crippen LogP contribution in [0.3, 0.4) is 0 Å². The number of fused-ring (bicyclic) bond motifs is 5. The molecule has 0 atom stereocenters. The van der Waals surface area contributed by atoms with Gasteiger partial charge in [-0.1, -0.05) is 29.8 Å². The number of hydrogen-bond donors (Lipinski definition) is 0. The molecule has 0 unspecified atom stereocenters. The average Bonchev–Trinajstić information content (AvgIpc) is 2.72. The van der Waals surface area contributed by atoms with E-state index in [1.54, 1.807) is 0 Å². The van der Waals surface area contributed by atoms with Crippen molar-refractivity contribution in [3.05, 3.63) is 53.1 Å². The fourth-order valence-electron chi connectivity index (χ4n) is 3.33. The summed E-state index contributed by atoms with van der Waals surface area (Å²) in [6.45, 7) is 2.17. The SMILES string of the molecule is Cc1ccc2c(c1)c1c3c(ccc1n2C)CCC=C3. The van der Waals surface area contributed by atoms with Gasteiger partial charge in [0.05, 0.1) is 0 Å². The van der Waals surface area contributed by atoms with E-state index in [2.05, 4.69) is 61.0 Å². The first-order valence-electron chi connectivity index (χ1n) is 6.93. The highest BCUT2D eigenvalue weighted by atomic mass is 14.9. The van der Waals surface area contributed by atoms with Gasteiger partial charge < -0.3 is 4.57 Å². The monoisotopic (exact) mass is 247 g/mol. The maximum Gasteiger partial charge on any atom is 0.0495 e. The zero-order valence-electron chi connectivity index (χ0n) is 11.4. The van der Waals surface area contributed by atoms with Crippen LogP contribution >= 0.6 is 0 Å². The van der Waals surface area contributed by atoms with Gasteiger partial charge in [0.25, 0.3) is 0 Å². The molecule has 0 radical (unpaired) electrons. The summed E-state index contributed by atoms with van der Waals surface area (Å²) in [5.74, 6) is 0. The average molecular weight is 247 g/mol. The molecule has 3 aromatic rings. The molecule has 19 heavy (non-hydrogen) atoms. The lowest BCUT2D eigenvalue weighted by Crippen LogP contribution is -1.95. The summed E-state index contributed by atoms with van der Waals surface area (Å²) in [4.78, 5) is 0. The van der Waals surface area contributed by atoms with E-state index in [0.717, 1.165) is 0 Å². The molecule has 0 aliphatic heterocycles. The summed E-state index contributed by atoms with van der Waals surface area (Å²) >= 11 is 0. The lowest BCUT2D eigenvalue weighted by Gasteiger charge is -2.11. The molecule has 0 fully saturated rings. The number of nitrogens with zero attached hydrogens (tertiary/aromatic N) is 1. The molecular weight excluding hydrogens is 230 g/mol. The Morgan fingerprint density at radius 2 is 1.89 bits per heavy atom. The first-order chi connectivity index (χ1) is 9.25. The van der Waals surface area contributed by atoms with Gasteiger partial charge in [0, 0.05) is 28.9 Å². The Bertz CT molecular complexity index is 834. The minimum absolute atomic E-state index is 1.17. The van der Waals surface area contributed by atoms with Crippen molar-refractivity contribution >= 4 is 27.9 Å². The zero-order chi connectivity index (χ0) is 13.0. The molecule has 1 aliphatic carbocycles. The van der Waals surface area contributed by atoms with Gasteiger partial charge in [-0.15, -0.1) is 0 Å². The van der Waals surface area contributed by atoms with Gasteiger partial charge in [0.2, 0.25) is 0 Å². The normalized spacial score (nSPS) is 14.2. The maximum atomic E-state index is 2.32. The molecule has 94 valence electrons. The second-order valence-corrected chi connectivity index (χ2v) is 5.55. The van der Waals surface area contributed by atoms with Gasteiger partial charge in [-0.3, -0.25) is 0 Å². The number of aromatic nitrogens is 1. The van der Waals surface area contributed by atoms with Crippen LogP contribution in [-0.2, 0) is 13.5 Å². The standard InChI is InChI=1S/C18H17N/c1-12-7-9-16-15(11-12)18-14-6-4-3-5-13(14)8-10-17(18)19(16)2/h4,6-11H,3,5H2,1-2H3. The third-order valence-corrected chi connectivity index (χ3v) is 4.32. The first-order valence-corrected chi connectivity index (χ1v) is 6.93. The molecule has 1 aromatic heterocycles. The molecule has 0 saturated carbocycles. The molecule has 1 heteroatoms. The molecule has 0 amide bonds. The third kappa shape index (κ3) is 1.42. The largest absolute Gasteiger partial charge is 0.344 e.